The smallest absolute Gasteiger partial charge is 0 e. The molecule has 0 aromatic carbocycles. The molecular weight excluding hydrogens is 447 g/mol. The zero-order chi connectivity index (χ0) is 0. The van der Waals surface area contributed by atoms with Crippen LogP contribution in [0.2, 0.25) is 0 Å². The molecule has 0 amide bonds. The summed E-state index contributed by atoms with van der Waals surface area (Å²) in [5, 5.41) is 0. The maximum absolute atomic E-state index is 0. The molecule has 0 saturated heterocycles. The summed E-state index contributed by atoms with van der Waals surface area (Å²) >= 11 is 0. The molecule has 0 N–H and O–H groups in total. The number of hydrogen-bond donors (Lipinski definition) is 0. The second-order valence-corrected chi connectivity index (χ2v) is 0. The van der Waals surface area contributed by atoms with Crippen LogP contribution < -0.4 is 0 Å². The van der Waals surface area contributed by atoms with E-state index < -0.39 is 0 Å². The molecule has 0 aliphatic rings. The van der Waals surface area contributed by atoms with Crippen molar-refractivity contribution in [2.75, 3.05) is 0 Å². The minimum absolute atomic E-state index is 0. The summed E-state index contributed by atoms with van der Waals surface area (Å²) in [5.74, 6) is 0. The summed E-state index contributed by atoms with van der Waals surface area (Å²) in [7, 11) is 0. The van der Waals surface area contributed by atoms with Crippen molar-refractivity contribution >= 4 is 51.2 Å². The fraction of sp³-hybridized carbons (Fsp3) is 0. The molecule has 0 spiro atoms. The second kappa shape index (κ2) is 16.9. The van der Waals surface area contributed by atoms with E-state index in [0.29, 0.717) is 0 Å². The normalized spacial score (nSPS) is 0. The van der Waals surface area contributed by atoms with Crippen molar-refractivity contribution in [2.24, 2.45) is 0 Å². The van der Waals surface area contributed by atoms with Gasteiger partial charge in [0.05, 0.1) is 0 Å². The average Bonchev–Trinajstić information content (AvgIpc) is 0. The van der Waals surface area contributed by atoms with Crippen LogP contribution in [-0.4, -0.2) is 51.2 Å². The first-order chi connectivity index (χ1) is 0. The van der Waals surface area contributed by atoms with Crippen LogP contribution in [0.3, 0.4) is 0 Å². The molecule has 0 aromatic heterocycles. The molecule has 0 bridgehead atoms. The molecule has 0 heterocycles. The van der Waals surface area contributed by atoms with E-state index in [1.807, 2.05) is 0 Å². The van der Waals surface area contributed by atoms with Gasteiger partial charge in [-0.25, -0.2) is 0 Å². The predicted molar refractivity (Wildman–Crippen MR) is 11.5 cm³/mol. The number of rotatable bonds is 0. The summed E-state index contributed by atoms with van der Waals surface area (Å²) in [5.41, 5.74) is 0. The third kappa shape index (κ3) is 8.85. The van der Waals surface area contributed by atoms with Crippen molar-refractivity contribution in [3.05, 3.63) is 0 Å². The van der Waals surface area contributed by atoms with E-state index in [-0.39, 0.29) is 87.8 Å². The summed E-state index contributed by atoms with van der Waals surface area (Å²) in [6.07, 6.45) is 0. The van der Waals surface area contributed by atoms with Gasteiger partial charge in [-0.15, -0.1) is 0 Å². The van der Waals surface area contributed by atoms with Crippen molar-refractivity contribution < 1.29 is 36.5 Å². The maximum Gasteiger partial charge on any atom is 0 e. The Bertz CT molecular complexity index is 8.00. The summed E-state index contributed by atoms with van der Waals surface area (Å²) < 4.78 is 0. The Labute approximate surface area is 86.2 Å². The minimum Gasteiger partial charge on any atom is 0 e. The van der Waals surface area contributed by atoms with E-state index in [4.69, 9.17) is 0 Å². The third-order valence-corrected chi connectivity index (χ3v) is 0. The van der Waals surface area contributed by atoms with Gasteiger partial charge in [0.2, 0.25) is 0 Å². The Hall–Kier alpha value is 2.86. The topological polar surface area (TPSA) is 0 Å². The Kier molecular flexibility index (Phi) is 122. The standard InChI is InChI=1S/Fe.Pb.Sn.Zn. The predicted octanol–water partition coefficient (Wildman–Crippen LogP) is -0.767. The van der Waals surface area contributed by atoms with E-state index >= 15 is 0 Å². The van der Waals surface area contributed by atoms with Crippen LogP contribution in [0.25, 0.3) is 0 Å². The molecule has 0 aromatic rings. The van der Waals surface area contributed by atoms with Crippen molar-refractivity contribution in [2.45, 2.75) is 0 Å². The SMILES string of the molecule is [Fe].[Pb].[Sn].[Zn]. The first-order valence-electron chi connectivity index (χ1n) is 0. The Morgan fingerprint density at radius 2 is 1.00 bits per heavy atom. The fourth-order valence-electron chi connectivity index (χ4n) is 0. The van der Waals surface area contributed by atoms with Gasteiger partial charge in [0.25, 0.3) is 0 Å². The molecule has 4 heavy (non-hydrogen) atoms. The first-order valence-corrected chi connectivity index (χ1v) is 0. The average molecular weight is 447 g/mol. The van der Waals surface area contributed by atoms with Crippen molar-refractivity contribution in [1.82, 2.24) is 0 Å². The van der Waals surface area contributed by atoms with Crippen LogP contribution in [-0.2, 0) is 36.5 Å². The molecule has 0 unspecified atom stereocenters. The van der Waals surface area contributed by atoms with Crippen LogP contribution in [0.4, 0.5) is 0 Å². The van der Waals surface area contributed by atoms with Gasteiger partial charge >= 0.3 is 0 Å². The molecule has 0 aliphatic heterocycles. The summed E-state index contributed by atoms with van der Waals surface area (Å²) in [4.78, 5) is 0. The summed E-state index contributed by atoms with van der Waals surface area (Å²) in [6, 6.07) is 0. The van der Waals surface area contributed by atoms with Gasteiger partial charge in [0.15, 0.2) is 0 Å². The molecule has 8 radical (unpaired) electrons. The molecular formula is FePbSnZn. The summed E-state index contributed by atoms with van der Waals surface area (Å²) in [6.45, 7) is 0. The molecule has 0 rings (SSSR count). The second-order valence-electron chi connectivity index (χ2n) is 0. The molecule has 0 aliphatic carbocycles. The van der Waals surface area contributed by atoms with Crippen LogP contribution in [0.15, 0.2) is 0 Å². The molecule has 0 atom stereocenters. The Morgan fingerprint density at radius 1 is 1.00 bits per heavy atom. The minimum atomic E-state index is 0. The quantitative estimate of drug-likeness (QED) is 0.429. The van der Waals surface area contributed by atoms with Gasteiger partial charge in [-0.05, 0) is 0 Å². The molecule has 0 nitrogen and oxygen atoms in total. The van der Waals surface area contributed by atoms with Crippen LogP contribution >= 0.6 is 0 Å². The number of hydrogen-bond acceptors (Lipinski definition) is 0. The van der Waals surface area contributed by atoms with Gasteiger partial charge in [0, 0.05) is 87.8 Å². The van der Waals surface area contributed by atoms with Crippen LogP contribution in [0, 0.1) is 0 Å². The van der Waals surface area contributed by atoms with Gasteiger partial charge < -0.3 is 0 Å². The zero-order valence-electron chi connectivity index (χ0n) is 2.06. The first kappa shape index (κ1) is 28.8. The molecule has 18 valence electrons. The van der Waals surface area contributed by atoms with Crippen molar-refractivity contribution in [3.63, 3.8) is 0 Å². The van der Waals surface area contributed by atoms with E-state index in [0.717, 1.165) is 0 Å². The third-order valence-electron chi connectivity index (χ3n) is 0. The van der Waals surface area contributed by atoms with Crippen LogP contribution in [0.5, 0.6) is 0 Å². The largest absolute Gasteiger partial charge is 0 e. The van der Waals surface area contributed by atoms with Gasteiger partial charge in [-0.3, -0.25) is 0 Å². The van der Waals surface area contributed by atoms with Crippen molar-refractivity contribution in [1.29, 1.82) is 0 Å². The van der Waals surface area contributed by atoms with E-state index in [9.17, 15) is 0 Å². The van der Waals surface area contributed by atoms with Gasteiger partial charge in [-0.2, -0.15) is 0 Å². The van der Waals surface area contributed by atoms with Gasteiger partial charge in [0.1, 0.15) is 0 Å². The molecule has 4 heteroatoms. The van der Waals surface area contributed by atoms with Crippen molar-refractivity contribution in [3.8, 4) is 0 Å². The Balaban J connectivity index is 0. The van der Waals surface area contributed by atoms with E-state index in [1.54, 1.807) is 0 Å². The van der Waals surface area contributed by atoms with Gasteiger partial charge in [-0.1, -0.05) is 0 Å². The van der Waals surface area contributed by atoms with E-state index in [2.05, 4.69) is 0 Å². The monoisotopic (exact) mass is 448 g/mol. The molecule has 0 fully saturated rings. The molecule has 0 saturated carbocycles. The zero-order valence-corrected chi connectivity index (χ0v) is 12.9. The van der Waals surface area contributed by atoms with Crippen LogP contribution in [0.1, 0.15) is 0 Å². The fourth-order valence-corrected chi connectivity index (χ4v) is 0. The maximum atomic E-state index is 0. The van der Waals surface area contributed by atoms with E-state index in [1.165, 1.54) is 0 Å². The Morgan fingerprint density at radius 3 is 1.00 bits per heavy atom.